The number of rotatable bonds is 1. The van der Waals surface area contributed by atoms with Gasteiger partial charge >= 0.3 is 12.2 Å². The lowest BCUT2D eigenvalue weighted by Gasteiger charge is -2.38. The molecule has 6 nitrogen and oxygen atoms in total. The van der Waals surface area contributed by atoms with Crippen molar-refractivity contribution in [3.8, 4) is 0 Å². The van der Waals surface area contributed by atoms with Gasteiger partial charge in [-0.15, -0.1) is 0 Å². The molecule has 0 radical (unpaired) electrons. The topological polar surface area (TPSA) is 81.9 Å². The van der Waals surface area contributed by atoms with Crippen LogP contribution in [0.25, 0.3) is 0 Å². The summed E-state index contributed by atoms with van der Waals surface area (Å²) in [6.45, 7) is 6.07. The molecule has 0 aromatic heterocycles. The summed E-state index contributed by atoms with van der Waals surface area (Å²) in [6, 6.07) is 0. The third-order valence-corrected chi connectivity index (χ3v) is 1.78. The average molecular weight is 216 g/mol. The van der Waals surface area contributed by atoms with Gasteiger partial charge in [-0.3, -0.25) is 0 Å². The van der Waals surface area contributed by atoms with Crippen molar-refractivity contribution in [1.29, 1.82) is 0 Å². The number of nitrogens with zero attached hydrogens (tertiary/aromatic N) is 1. The van der Waals surface area contributed by atoms with E-state index in [9.17, 15) is 9.59 Å². The number of primary amides is 1. The first-order valence-corrected chi connectivity index (χ1v) is 4.72. The zero-order valence-corrected chi connectivity index (χ0v) is 9.15. The monoisotopic (exact) mass is 216 g/mol. The number of hydrogen-bond acceptors (Lipinski definition) is 4. The van der Waals surface area contributed by atoms with Gasteiger partial charge in [-0.2, -0.15) is 0 Å². The number of carbonyl (C=O) groups excluding carboxylic acids is 2. The molecule has 0 unspecified atom stereocenters. The van der Waals surface area contributed by atoms with Crippen molar-refractivity contribution in [2.45, 2.75) is 32.5 Å². The Balaban J connectivity index is 2.27. The van der Waals surface area contributed by atoms with Crippen molar-refractivity contribution in [1.82, 2.24) is 4.90 Å². The van der Waals surface area contributed by atoms with E-state index in [1.165, 1.54) is 4.90 Å². The van der Waals surface area contributed by atoms with E-state index < -0.39 is 17.8 Å². The van der Waals surface area contributed by atoms with Crippen LogP contribution in [-0.2, 0) is 9.47 Å². The molecule has 0 atom stereocenters. The second kappa shape index (κ2) is 3.96. The van der Waals surface area contributed by atoms with Gasteiger partial charge in [-0.25, -0.2) is 9.59 Å². The number of amides is 2. The second-order valence-corrected chi connectivity index (χ2v) is 4.44. The summed E-state index contributed by atoms with van der Waals surface area (Å²) in [5.74, 6) is 0. The summed E-state index contributed by atoms with van der Waals surface area (Å²) >= 11 is 0. The van der Waals surface area contributed by atoms with Gasteiger partial charge in [-0.1, -0.05) is 0 Å². The van der Waals surface area contributed by atoms with Crippen LogP contribution in [0.4, 0.5) is 9.59 Å². The third-order valence-electron chi connectivity index (χ3n) is 1.78. The van der Waals surface area contributed by atoms with E-state index >= 15 is 0 Å². The molecular formula is C9H16N2O4. The Morgan fingerprint density at radius 3 is 2.27 bits per heavy atom. The molecular weight excluding hydrogens is 200 g/mol. The summed E-state index contributed by atoms with van der Waals surface area (Å²) in [5, 5.41) is 0. The van der Waals surface area contributed by atoms with Crippen LogP contribution in [0.3, 0.4) is 0 Å². The Morgan fingerprint density at radius 2 is 1.87 bits per heavy atom. The Bertz CT molecular complexity index is 266. The van der Waals surface area contributed by atoms with Crippen molar-refractivity contribution in [3.05, 3.63) is 0 Å². The first kappa shape index (κ1) is 11.6. The van der Waals surface area contributed by atoms with Crippen LogP contribution >= 0.6 is 0 Å². The zero-order valence-electron chi connectivity index (χ0n) is 9.15. The lowest BCUT2D eigenvalue weighted by molar-refractivity contribution is -0.0348. The van der Waals surface area contributed by atoms with Crippen LogP contribution in [0.1, 0.15) is 20.8 Å². The van der Waals surface area contributed by atoms with Crippen molar-refractivity contribution >= 4 is 12.2 Å². The number of hydrogen-bond donors (Lipinski definition) is 1. The summed E-state index contributed by atoms with van der Waals surface area (Å²) in [5.41, 5.74) is 4.32. The standard InChI is InChI=1S/C9H16N2O4/c1-9(2,3)15-8(13)11-4-6(5-11)14-7(10)12/h6H,4-5H2,1-3H3,(H2,10,12). The van der Waals surface area contributed by atoms with Crippen LogP contribution in [0.15, 0.2) is 0 Å². The van der Waals surface area contributed by atoms with Crippen LogP contribution in [0.5, 0.6) is 0 Å². The molecule has 1 aliphatic heterocycles. The first-order chi connectivity index (χ1) is 6.78. The molecule has 0 aromatic carbocycles. The predicted octanol–water partition coefficient (Wildman–Crippen LogP) is 0.701. The molecule has 2 amide bonds. The zero-order chi connectivity index (χ0) is 11.6. The third kappa shape index (κ3) is 3.65. The molecule has 1 fully saturated rings. The molecule has 0 bridgehead atoms. The first-order valence-electron chi connectivity index (χ1n) is 4.72. The van der Waals surface area contributed by atoms with Gasteiger partial charge in [0.2, 0.25) is 0 Å². The van der Waals surface area contributed by atoms with Gasteiger partial charge in [0, 0.05) is 0 Å². The molecule has 0 spiro atoms. The van der Waals surface area contributed by atoms with Gasteiger partial charge in [0.05, 0.1) is 13.1 Å². The molecule has 0 saturated carbocycles. The van der Waals surface area contributed by atoms with Crippen molar-refractivity contribution < 1.29 is 19.1 Å². The van der Waals surface area contributed by atoms with E-state index in [1.807, 2.05) is 0 Å². The van der Waals surface area contributed by atoms with Crippen molar-refractivity contribution in [2.75, 3.05) is 13.1 Å². The molecule has 0 aromatic rings. The minimum absolute atomic E-state index is 0.296. The smallest absolute Gasteiger partial charge is 0.410 e. The molecule has 1 heterocycles. The molecule has 6 heteroatoms. The van der Waals surface area contributed by atoms with E-state index in [1.54, 1.807) is 20.8 Å². The second-order valence-electron chi connectivity index (χ2n) is 4.44. The summed E-state index contributed by atoms with van der Waals surface area (Å²) in [7, 11) is 0. The maximum Gasteiger partial charge on any atom is 0.410 e. The molecule has 86 valence electrons. The van der Waals surface area contributed by atoms with Crippen LogP contribution in [-0.4, -0.2) is 41.9 Å². The maximum absolute atomic E-state index is 11.4. The van der Waals surface area contributed by atoms with Gasteiger partial charge in [-0.05, 0) is 20.8 Å². The highest BCUT2D eigenvalue weighted by molar-refractivity contribution is 5.70. The maximum atomic E-state index is 11.4. The van der Waals surface area contributed by atoms with E-state index in [4.69, 9.17) is 10.5 Å². The van der Waals surface area contributed by atoms with Gasteiger partial charge in [0.1, 0.15) is 11.7 Å². The summed E-state index contributed by atoms with van der Waals surface area (Å²) in [4.78, 5) is 23.2. The fourth-order valence-corrected chi connectivity index (χ4v) is 1.15. The number of carbonyl (C=O) groups is 2. The number of nitrogens with two attached hydrogens (primary N) is 1. The van der Waals surface area contributed by atoms with Gasteiger partial charge < -0.3 is 20.1 Å². The highest BCUT2D eigenvalue weighted by atomic mass is 16.6. The predicted molar refractivity (Wildman–Crippen MR) is 52.3 cm³/mol. The highest BCUT2D eigenvalue weighted by Crippen LogP contribution is 2.16. The SMILES string of the molecule is CC(C)(C)OC(=O)N1CC(OC(N)=O)C1. The minimum Gasteiger partial charge on any atom is -0.444 e. The Hall–Kier alpha value is -1.46. The lowest BCUT2D eigenvalue weighted by Crippen LogP contribution is -2.56. The molecule has 0 aliphatic carbocycles. The van der Waals surface area contributed by atoms with Gasteiger partial charge in [0.25, 0.3) is 0 Å². The van der Waals surface area contributed by atoms with Crippen molar-refractivity contribution in [3.63, 3.8) is 0 Å². The molecule has 1 rings (SSSR count). The van der Waals surface area contributed by atoms with Crippen LogP contribution < -0.4 is 5.73 Å². The number of likely N-dealkylation sites (tertiary alicyclic amines) is 1. The Kier molecular flexibility index (Phi) is 3.06. The molecule has 1 aliphatic rings. The molecule has 2 N–H and O–H groups in total. The summed E-state index contributed by atoms with van der Waals surface area (Å²) < 4.78 is 9.80. The fraction of sp³-hybridized carbons (Fsp3) is 0.778. The normalized spacial score (nSPS) is 16.9. The van der Waals surface area contributed by atoms with E-state index in [-0.39, 0.29) is 6.10 Å². The Morgan fingerprint density at radius 1 is 1.33 bits per heavy atom. The molecule has 1 saturated heterocycles. The molecule has 15 heavy (non-hydrogen) atoms. The van der Waals surface area contributed by atoms with Crippen LogP contribution in [0, 0.1) is 0 Å². The number of ether oxygens (including phenoxy) is 2. The van der Waals surface area contributed by atoms with E-state index in [0.717, 1.165) is 0 Å². The van der Waals surface area contributed by atoms with Crippen molar-refractivity contribution in [2.24, 2.45) is 5.73 Å². The fourth-order valence-electron chi connectivity index (χ4n) is 1.15. The lowest BCUT2D eigenvalue weighted by atomic mass is 10.2. The quantitative estimate of drug-likeness (QED) is 0.699. The average Bonchev–Trinajstić information content (AvgIpc) is 1.91. The van der Waals surface area contributed by atoms with Crippen LogP contribution in [0.2, 0.25) is 0 Å². The van der Waals surface area contributed by atoms with E-state index in [2.05, 4.69) is 4.74 Å². The van der Waals surface area contributed by atoms with Gasteiger partial charge in [0.15, 0.2) is 0 Å². The highest BCUT2D eigenvalue weighted by Gasteiger charge is 2.35. The largest absolute Gasteiger partial charge is 0.444 e. The minimum atomic E-state index is -0.816. The van der Waals surface area contributed by atoms with E-state index in [0.29, 0.717) is 13.1 Å². The summed E-state index contributed by atoms with van der Waals surface area (Å²) in [6.07, 6.45) is -1.51. The Labute approximate surface area is 88.3 Å².